The van der Waals surface area contributed by atoms with E-state index in [9.17, 15) is 0 Å². The molecule has 0 unspecified atom stereocenters. The van der Waals surface area contributed by atoms with Crippen LogP contribution in [0.1, 0.15) is 26.7 Å². The highest BCUT2D eigenvalue weighted by Gasteiger charge is 2.24. The van der Waals surface area contributed by atoms with Crippen molar-refractivity contribution in [2.75, 3.05) is 19.6 Å². The van der Waals surface area contributed by atoms with Gasteiger partial charge >= 0.3 is 11.9 Å². The van der Waals surface area contributed by atoms with Crippen LogP contribution in [0.25, 0.3) is 0 Å². The predicted molar refractivity (Wildman–Crippen MR) is 59.2 cm³/mol. The van der Waals surface area contributed by atoms with Crippen molar-refractivity contribution >= 4 is 11.9 Å². The summed E-state index contributed by atoms with van der Waals surface area (Å²) in [5.41, 5.74) is 6.08. The van der Waals surface area contributed by atoms with E-state index in [1.807, 2.05) is 0 Å². The Morgan fingerprint density at radius 2 is 1.62 bits per heavy atom. The zero-order valence-corrected chi connectivity index (χ0v) is 9.77. The number of aliphatic carboxylic acids is 2. The first-order chi connectivity index (χ1) is 7.28. The van der Waals surface area contributed by atoms with Crippen LogP contribution in [-0.4, -0.2) is 52.2 Å². The second kappa shape index (κ2) is 6.44. The maximum Gasteiger partial charge on any atom is 0.414 e. The topological polar surface area (TPSA) is 104 Å². The first kappa shape index (κ1) is 14.9. The van der Waals surface area contributed by atoms with Crippen LogP contribution in [0.4, 0.5) is 0 Å². The summed E-state index contributed by atoms with van der Waals surface area (Å²) in [5, 5.41) is 14.8. The van der Waals surface area contributed by atoms with Gasteiger partial charge in [0.05, 0.1) is 0 Å². The molecule has 4 N–H and O–H groups in total. The fourth-order valence-corrected chi connectivity index (χ4v) is 1.38. The molecule has 1 fully saturated rings. The first-order valence-corrected chi connectivity index (χ1v) is 5.26. The Hall–Kier alpha value is -1.14. The minimum Gasteiger partial charge on any atom is -0.473 e. The SMILES string of the molecule is CCN1CCC(C)(N)CC1.O=C(O)C(=O)O. The lowest BCUT2D eigenvalue weighted by molar-refractivity contribution is -0.159. The van der Waals surface area contributed by atoms with E-state index >= 15 is 0 Å². The maximum atomic E-state index is 9.10. The maximum absolute atomic E-state index is 9.10. The van der Waals surface area contributed by atoms with Gasteiger partial charge in [-0.15, -0.1) is 0 Å². The number of likely N-dealkylation sites (tertiary alicyclic amines) is 1. The van der Waals surface area contributed by atoms with Crippen LogP contribution < -0.4 is 5.73 Å². The van der Waals surface area contributed by atoms with Crippen molar-refractivity contribution in [1.29, 1.82) is 0 Å². The molecule has 0 atom stereocenters. The van der Waals surface area contributed by atoms with Gasteiger partial charge in [-0.1, -0.05) is 6.92 Å². The third-order valence-corrected chi connectivity index (χ3v) is 2.63. The molecule has 1 aliphatic rings. The van der Waals surface area contributed by atoms with Crippen molar-refractivity contribution in [2.45, 2.75) is 32.2 Å². The molecule has 0 bridgehead atoms. The Labute approximate surface area is 95.0 Å². The number of carboxylic acids is 2. The van der Waals surface area contributed by atoms with Gasteiger partial charge in [0, 0.05) is 5.54 Å². The van der Waals surface area contributed by atoms with Gasteiger partial charge < -0.3 is 20.8 Å². The van der Waals surface area contributed by atoms with Crippen molar-refractivity contribution in [3.63, 3.8) is 0 Å². The smallest absolute Gasteiger partial charge is 0.414 e. The summed E-state index contributed by atoms with van der Waals surface area (Å²) in [7, 11) is 0. The standard InChI is InChI=1S/C8H18N2.C2H2O4/c1-3-10-6-4-8(2,9)5-7-10;3-1(4)2(5)6/h3-7,9H2,1-2H3;(H,3,4)(H,5,6). The van der Waals surface area contributed by atoms with Gasteiger partial charge in [0.2, 0.25) is 0 Å². The first-order valence-electron chi connectivity index (χ1n) is 5.26. The van der Waals surface area contributed by atoms with Crippen LogP contribution in [0.3, 0.4) is 0 Å². The molecule has 0 aliphatic carbocycles. The van der Waals surface area contributed by atoms with Crippen LogP contribution >= 0.6 is 0 Å². The molecular formula is C10H20N2O4. The highest BCUT2D eigenvalue weighted by Crippen LogP contribution is 2.17. The van der Waals surface area contributed by atoms with Gasteiger partial charge in [-0.25, -0.2) is 9.59 Å². The Kier molecular flexibility index (Phi) is 5.98. The molecule has 0 aromatic heterocycles. The molecule has 1 aliphatic heterocycles. The molecule has 16 heavy (non-hydrogen) atoms. The number of nitrogens with two attached hydrogens (primary N) is 1. The average molecular weight is 232 g/mol. The second-order valence-corrected chi connectivity index (χ2v) is 4.20. The van der Waals surface area contributed by atoms with Crippen LogP contribution in [0.15, 0.2) is 0 Å². The molecule has 0 aromatic carbocycles. The van der Waals surface area contributed by atoms with Gasteiger partial charge in [-0.3, -0.25) is 0 Å². The van der Waals surface area contributed by atoms with Gasteiger partial charge in [-0.05, 0) is 39.4 Å². The number of hydrogen-bond acceptors (Lipinski definition) is 4. The third-order valence-electron chi connectivity index (χ3n) is 2.63. The molecule has 94 valence electrons. The lowest BCUT2D eigenvalue weighted by Crippen LogP contribution is -2.47. The predicted octanol–water partition coefficient (Wildman–Crippen LogP) is -0.0249. The third kappa shape index (κ3) is 6.36. The van der Waals surface area contributed by atoms with Gasteiger partial charge in [-0.2, -0.15) is 0 Å². The highest BCUT2D eigenvalue weighted by molar-refractivity contribution is 6.27. The summed E-state index contributed by atoms with van der Waals surface area (Å²) in [6, 6.07) is 0. The summed E-state index contributed by atoms with van der Waals surface area (Å²) in [5.74, 6) is -3.65. The number of nitrogens with zero attached hydrogens (tertiary/aromatic N) is 1. The van der Waals surface area contributed by atoms with Crippen LogP contribution in [-0.2, 0) is 9.59 Å². The summed E-state index contributed by atoms with van der Waals surface area (Å²) >= 11 is 0. The summed E-state index contributed by atoms with van der Waals surface area (Å²) < 4.78 is 0. The van der Waals surface area contributed by atoms with Crippen molar-refractivity contribution in [3.8, 4) is 0 Å². The average Bonchev–Trinajstić information content (AvgIpc) is 2.18. The quantitative estimate of drug-likeness (QED) is 0.549. The second-order valence-electron chi connectivity index (χ2n) is 4.20. The molecule has 6 heteroatoms. The van der Waals surface area contributed by atoms with E-state index in [1.54, 1.807) is 0 Å². The van der Waals surface area contributed by atoms with Gasteiger partial charge in [0.15, 0.2) is 0 Å². The highest BCUT2D eigenvalue weighted by atomic mass is 16.4. The van der Waals surface area contributed by atoms with E-state index in [0.717, 1.165) is 12.8 Å². The number of rotatable bonds is 1. The molecule has 1 heterocycles. The summed E-state index contributed by atoms with van der Waals surface area (Å²) in [4.78, 5) is 20.7. The van der Waals surface area contributed by atoms with Crippen molar-refractivity contribution < 1.29 is 19.8 Å². The summed E-state index contributed by atoms with van der Waals surface area (Å²) in [6.45, 7) is 7.91. The zero-order chi connectivity index (χ0) is 12.8. The van der Waals surface area contributed by atoms with E-state index < -0.39 is 11.9 Å². The molecule has 6 nitrogen and oxygen atoms in total. The lowest BCUT2D eigenvalue weighted by Gasteiger charge is -2.36. The number of piperidine rings is 1. The van der Waals surface area contributed by atoms with E-state index in [0.29, 0.717) is 0 Å². The molecule has 0 saturated carbocycles. The Morgan fingerprint density at radius 3 is 1.88 bits per heavy atom. The molecule has 0 radical (unpaired) electrons. The zero-order valence-electron chi connectivity index (χ0n) is 9.77. The monoisotopic (exact) mass is 232 g/mol. The van der Waals surface area contributed by atoms with Crippen molar-refractivity contribution in [3.05, 3.63) is 0 Å². The Bertz CT molecular complexity index is 231. The van der Waals surface area contributed by atoms with Crippen molar-refractivity contribution in [2.24, 2.45) is 5.73 Å². The number of hydrogen-bond donors (Lipinski definition) is 3. The largest absolute Gasteiger partial charge is 0.473 e. The molecule has 1 rings (SSSR count). The molecule has 0 amide bonds. The van der Waals surface area contributed by atoms with E-state index in [-0.39, 0.29) is 5.54 Å². The van der Waals surface area contributed by atoms with Crippen LogP contribution in [0.5, 0.6) is 0 Å². The fraction of sp³-hybridized carbons (Fsp3) is 0.800. The Morgan fingerprint density at radius 1 is 1.25 bits per heavy atom. The minimum atomic E-state index is -1.82. The van der Waals surface area contributed by atoms with Crippen LogP contribution in [0.2, 0.25) is 0 Å². The van der Waals surface area contributed by atoms with E-state index in [2.05, 4.69) is 18.7 Å². The van der Waals surface area contributed by atoms with E-state index in [4.69, 9.17) is 25.5 Å². The molecule has 1 saturated heterocycles. The number of carboxylic acid groups (broad SMARTS) is 2. The fourth-order valence-electron chi connectivity index (χ4n) is 1.38. The molecule has 0 spiro atoms. The normalized spacial score (nSPS) is 19.4. The van der Waals surface area contributed by atoms with Crippen LogP contribution in [0, 0.1) is 0 Å². The van der Waals surface area contributed by atoms with Crippen molar-refractivity contribution in [1.82, 2.24) is 4.90 Å². The van der Waals surface area contributed by atoms with E-state index in [1.165, 1.54) is 19.6 Å². The van der Waals surface area contributed by atoms with Gasteiger partial charge in [0.1, 0.15) is 0 Å². The Balaban J connectivity index is 0.000000325. The van der Waals surface area contributed by atoms with Gasteiger partial charge in [0.25, 0.3) is 0 Å². The summed E-state index contributed by atoms with van der Waals surface area (Å²) in [6.07, 6.45) is 2.31. The number of carbonyl (C=O) groups is 2. The lowest BCUT2D eigenvalue weighted by atomic mass is 9.91. The molecular weight excluding hydrogens is 212 g/mol. The minimum absolute atomic E-state index is 0.117. The molecule has 0 aromatic rings.